The Hall–Kier alpha value is -3.18. The van der Waals surface area contributed by atoms with Crippen LogP contribution in [-0.4, -0.2) is 13.8 Å². The van der Waals surface area contributed by atoms with E-state index < -0.39 is 0 Å². The molecule has 1 N–H and O–H groups in total. The Labute approximate surface area is 170 Å². The molecule has 5 heteroatoms. The first-order valence-electron chi connectivity index (χ1n) is 8.71. The number of nitrogens with one attached hydrogen (secondary N) is 1. The van der Waals surface area contributed by atoms with Crippen molar-refractivity contribution in [2.75, 3.05) is 11.8 Å². The van der Waals surface area contributed by atoms with Gasteiger partial charge < -0.3 is 14.2 Å². The summed E-state index contributed by atoms with van der Waals surface area (Å²) in [5.74, 6) is 2.17. The highest BCUT2D eigenvalue weighted by atomic mass is 32.2. The van der Waals surface area contributed by atoms with Crippen molar-refractivity contribution in [2.45, 2.75) is 11.8 Å². The molecule has 0 aromatic heterocycles. The molecule has 142 valence electrons. The molecule has 3 aromatic carbocycles. The quantitative estimate of drug-likeness (QED) is 0.336. The molecule has 0 atom stereocenters. The normalized spacial score (nSPS) is 10.2. The highest BCUT2D eigenvalue weighted by Crippen LogP contribution is 2.38. The summed E-state index contributed by atoms with van der Waals surface area (Å²) < 4.78 is 14.6. The van der Waals surface area contributed by atoms with Crippen LogP contribution in [0.25, 0.3) is 6.08 Å². The van der Waals surface area contributed by atoms with Gasteiger partial charge in [0.1, 0.15) is 17.2 Å². The van der Waals surface area contributed by atoms with Crippen molar-refractivity contribution >= 4 is 36.1 Å². The summed E-state index contributed by atoms with van der Waals surface area (Å²) in [4.78, 5) is 5.27. The number of methoxy groups -OCH3 is 1. The van der Waals surface area contributed by atoms with Gasteiger partial charge >= 0.3 is 0 Å². The molecule has 0 amide bonds. The Bertz CT molecular complexity index is 967. The molecule has 0 radical (unpaired) electrons. The number of aliphatic imine (C=N–C) groups is 1. The van der Waals surface area contributed by atoms with Crippen LogP contribution in [0.1, 0.15) is 11.1 Å². The molecule has 3 aromatic rings. The minimum absolute atomic E-state index is 0.680. The number of anilines is 1. The Morgan fingerprint density at radius 2 is 1.64 bits per heavy atom. The summed E-state index contributed by atoms with van der Waals surface area (Å²) in [6.45, 7) is 9.65. The zero-order valence-electron chi connectivity index (χ0n) is 15.9. The zero-order chi connectivity index (χ0) is 19.9. The van der Waals surface area contributed by atoms with Crippen LogP contribution in [0.4, 0.5) is 11.4 Å². The van der Waals surface area contributed by atoms with Crippen LogP contribution in [-0.2, 0) is 0 Å². The summed E-state index contributed by atoms with van der Waals surface area (Å²) in [6.07, 6.45) is 1.74. The van der Waals surface area contributed by atoms with Gasteiger partial charge in [0.2, 0.25) is 0 Å². The maximum atomic E-state index is 6.01. The molecule has 4 nitrogen and oxygen atoms in total. The molecule has 3 rings (SSSR count). The summed E-state index contributed by atoms with van der Waals surface area (Å²) in [5.41, 5.74) is 3.60. The maximum absolute atomic E-state index is 6.01. The lowest BCUT2D eigenvalue weighted by Gasteiger charge is -2.14. The molecule has 28 heavy (non-hydrogen) atoms. The van der Waals surface area contributed by atoms with Gasteiger partial charge in [-0.2, -0.15) is 0 Å². The lowest BCUT2D eigenvalue weighted by molar-refractivity contribution is 0.413. The van der Waals surface area contributed by atoms with Crippen molar-refractivity contribution in [1.82, 2.24) is 0 Å². The molecule has 0 bridgehead atoms. The van der Waals surface area contributed by atoms with E-state index in [1.165, 1.54) is 17.5 Å². The van der Waals surface area contributed by atoms with Gasteiger partial charge in [0.05, 0.1) is 18.5 Å². The fourth-order valence-corrected chi connectivity index (χ4v) is 3.25. The number of hydrogen-bond acceptors (Lipinski definition) is 5. The number of ether oxygens (including phenoxy) is 2. The van der Waals surface area contributed by atoms with E-state index in [-0.39, 0.29) is 0 Å². The third kappa shape index (κ3) is 4.75. The fourth-order valence-electron chi connectivity index (χ4n) is 2.60. The number of rotatable bonds is 8. The SMILES string of the molecule is C=Cc1cc(Oc2ccc(OC)cc2)cc(NSc2ccc(C)cc2)c1N=C. The third-order valence-electron chi connectivity index (χ3n) is 4.09. The maximum Gasteiger partial charge on any atom is 0.130 e. The minimum atomic E-state index is 0.680. The van der Waals surface area contributed by atoms with Gasteiger partial charge in [-0.25, -0.2) is 0 Å². The Balaban J connectivity index is 1.86. The van der Waals surface area contributed by atoms with Gasteiger partial charge in [0.15, 0.2) is 0 Å². The second-order valence-corrected chi connectivity index (χ2v) is 6.95. The molecule has 0 unspecified atom stereocenters. The van der Waals surface area contributed by atoms with Gasteiger partial charge in [-0.15, -0.1) is 0 Å². The number of aryl methyl sites for hydroxylation is 1. The first-order chi connectivity index (χ1) is 13.6. The van der Waals surface area contributed by atoms with Crippen LogP contribution in [0.3, 0.4) is 0 Å². The van der Waals surface area contributed by atoms with Crippen molar-refractivity contribution in [3.8, 4) is 17.2 Å². The molecule has 0 saturated carbocycles. The van der Waals surface area contributed by atoms with E-state index >= 15 is 0 Å². The van der Waals surface area contributed by atoms with Crippen LogP contribution in [0.5, 0.6) is 17.2 Å². The second-order valence-electron chi connectivity index (χ2n) is 6.07. The van der Waals surface area contributed by atoms with E-state index in [9.17, 15) is 0 Å². The molecule has 0 fully saturated rings. The lowest BCUT2D eigenvalue weighted by atomic mass is 10.1. The predicted molar refractivity (Wildman–Crippen MR) is 119 cm³/mol. The molecule has 0 saturated heterocycles. The van der Waals surface area contributed by atoms with Gasteiger partial charge in [-0.3, -0.25) is 4.99 Å². The monoisotopic (exact) mass is 390 g/mol. The van der Waals surface area contributed by atoms with Gasteiger partial charge in [-0.05, 0) is 68.1 Å². The molecular formula is C23H22N2O2S. The number of nitrogens with zero attached hydrogens (tertiary/aromatic N) is 1. The molecule has 0 aliphatic carbocycles. The Kier molecular flexibility index (Phi) is 6.40. The lowest BCUT2D eigenvalue weighted by Crippen LogP contribution is -1.92. The number of benzene rings is 3. The second kappa shape index (κ2) is 9.15. The van der Waals surface area contributed by atoms with E-state index in [0.717, 1.165) is 27.6 Å². The van der Waals surface area contributed by atoms with E-state index in [1.54, 1.807) is 13.2 Å². The Morgan fingerprint density at radius 1 is 0.964 bits per heavy atom. The van der Waals surface area contributed by atoms with Crippen molar-refractivity contribution in [2.24, 2.45) is 4.99 Å². The summed E-state index contributed by atoms with van der Waals surface area (Å²) in [6, 6.07) is 19.5. The smallest absolute Gasteiger partial charge is 0.130 e. The van der Waals surface area contributed by atoms with Gasteiger partial charge in [-0.1, -0.05) is 30.4 Å². The van der Waals surface area contributed by atoms with Crippen molar-refractivity contribution in [1.29, 1.82) is 0 Å². The number of hydrogen-bond donors (Lipinski definition) is 1. The van der Waals surface area contributed by atoms with E-state index in [0.29, 0.717) is 11.5 Å². The average molecular weight is 391 g/mol. The first kappa shape index (κ1) is 19.6. The first-order valence-corrected chi connectivity index (χ1v) is 9.53. The van der Waals surface area contributed by atoms with Crippen molar-refractivity contribution in [3.63, 3.8) is 0 Å². The molecule has 0 heterocycles. The molecule has 0 spiro atoms. The van der Waals surface area contributed by atoms with E-state index in [1.807, 2.05) is 36.4 Å². The Morgan fingerprint density at radius 3 is 2.25 bits per heavy atom. The largest absolute Gasteiger partial charge is 0.497 e. The standard InChI is InChI=1S/C23H22N2O2S/c1-5-17-14-20(27-19-10-8-18(26-4)9-11-19)15-22(23(17)24-3)25-28-21-12-6-16(2)7-13-21/h5-15,25H,1,3H2,2,4H3. The van der Waals surface area contributed by atoms with Crippen LogP contribution >= 0.6 is 11.9 Å². The fraction of sp³-hybridized carbons (Fsp3) is 0.0870. The van der Waals surface area contributed by atoms with Gasteiger partial charge in [0, 0.05) is 16.5 Å². The summed E-state index contributed by atoms with van der Waals surface area (Å²) >= 11 is 1.51. The van der Waals surface area contributed by atoms with E-state index in [4.69, 9.17) is 9.47 Å². The van der Waals surface area contributed by atoms with Crippen LogP contribution in [0.15, 0.2) is 77.1 Å². The van der Waals surface area contributed by atoms with Gasteiger partial charge in [0.25, 0.3) is 0 Å². The van der Waals surface area contributed by atoms with Crippen LogP contribution < -0.4 is 14.2 Å². The topological polar surface area (TPSA) is 42.9 Å². The predicted octanol–water partition coefficient (Wildman–Crippen LogP) is 6.89. The summed E-state index contributed by atoms with van der Waals surface area (Å²) in [7, 11) is 1.64. The average Bonchev–Trinajstić information content (AvgIpc) is 2.73. The zero-order valence-corrected chi connectivity index (χ0v) is 16.8. The van der Waals surface area contributed by atoms with Crippen molar-refractivity contribution in [3.05, 3.63) is 78.4 Å². The highest BCUT2D eigenvalue weighted by Gasteiger charge is 2.10. The minimum Gasteiger partial charge on any atom is -0.497 e. The molecule has 0 aliphatic rings. The van der Waals surface area contributed by atoms with E-state index in [2.05, 4.69) is 54.2 Å². The summed E-state index contributed by atoms with van der Waals surface area (Å²) in [5, 5.41) is 0. The third-order valence-corrected chi connectivity index (χ3v) is 4.92. The highest BCUT2D eigenvalue weighted by molar-refractivity contribution is 8.00. The molecular weight excluding hydrogens is 368 g/mol. The van der Waals surface area contributed by atoms with Crippen molar-refractivity contribution < 1.29 is 9.47 Å². The van der Waals surface area contributed by atoms with Crippen LogP contribution in [0, 0.1) is 6.92 Å². The molecule has 0 aliphatic heterocycles. The van der Waals surface area contributed by atoms with Crippen LogP contribution in [0.2, 0.25) is 0 Å².